The van der Waals surface area contributed by atoms with Gasteiger partial charge in [-0.1, -0.05) is 0 Å². The molecule has 2 amide bonds. The van der Waals surface area contributed by atoms with E-state index in [2.05, 4.69) is 5.32 Å². The van der Waals surface area contributed by atoms with Crippen LogP contribution in [0.1, 0.15) is 44.6 Å². The number of aryl methyl sites for hydroxylation is 1. The monoisotopic (exact) mass is 332 g/mol. The third kappa shape index (κ3) is 4.81. The van der Waals surface area contributed by atoms with Gasteiger partial charge in [-0.25, -0.2) is 0 Å². The van der Waals surface area contributed by atoms with Crippen LogP contribution in [0.3, 0.4) is 0 Å². The summed E-state index contributed by atoms with van der Waals surface area (Å²) in [5.41, 5.74) is 2.49. The summed E-state index contributed by atoms with van der Waals surface area (Å²) in [5.74, 6) is -0.456. The lowest BCUT2D eigenvalue weighted by molar-refractivity contribution is -0.144. The zero-order chi connectivity index (χ0) is 17.5. The second-order valence-electron chi connectivity index (χ2n) is 5.86. The van der Waals surface area contributed by atoms with E-state index in [1.807, 2.05) is 24.0 Å². The van der Waals surface area contributed by atoms with Gasteiger partial charge in [-0.05, 0) is 50.5 Å². The summed E-state index contributed by atoms with van der Waals surface area (Å²) in [6, 6.07) is 5.49. The van der Waals surface area contributed by atoms with Gasteiger partial charge < -0.3 is 15.0 Å². The fraction of sp³-hybridized carbons (Fsp3) is 0.500. The topological polar surface area (TPSA) is 75.7 Å². The van der Waals surface area contributed by atoms with E-state index in [-0.39, 0.29) is 30.6 Å². The highest BCUT2D eigenvalue weighted by Crippen LogP contribution is 2.27. The molecule has 130 valence electrons. The van der Waals surface area contributed by atoms with Crippen molar-refractivity contribution in [3.63, 3.8) is 0 Å². The van der Waals surface area contributed by atoms with Crippen molar-refractivity contribution in [3.05, 3.63) is 23.8 Å². The van der Waals surface area contributed by atoms with Crippen LogP contribution < -0.4 is 10.2 Å². The second-order valence-corrected chi connectivity index (χ2v) is 5.86. The van der Waals surface area contributed by atoms with Gasteiger partial charge in [0.15, 0.2) is 0 Å². The Morgan fingerprint density at radius 2 is 2.04 bits per heavy atom. The SMILES string of the molecule is CCOC(=O)CCC(=O)Nc1ccc(N2CCCCC2=O)c(C)c1. The molecule has 0 unspecified atom stereocenters. The van der Waals surface area contributed by atoms with Crippen LogP contribution in [0.15, 0.2) is 18.2 Å². The van der Waals surface area contributed by atoms with Crippen LogP contribution in [0, 0.1) is 6.92 Å². The summed E-state index contributed by atoms with van der Waals surface area (Å²) in [7, 11) is 0. The van der Waals surface area contributed by atoms with Crippen LogP contribution in [0.25, 0.3) is 0 Å². The molecule has 6 heteroatoms. The number of rotatable bonds is 6. The van der Waals surface area contributed by atoms with Crippen molar-refractivity contribution in [2.75, 3.05) is 23.4 Å². The van der Waals surface area contributed by atoms with Crippen LogP contribution in [-0.2, 0) is 19.1 Å². The van der Waals surface area contributed by atoms with Crippen molar-refractivity contribution in [1.82, 2.24) is 0 Å². The standard InChI is InChI=1S/C18H24N2O4/c1-3-24-18(23)10-9-16(21)19-14-7-8-15(13(2)12-14)20-11-5-4-6-17(20)22/h7-8,12H,3-6,9-11H2,1-2H3,(H,19,21). The number of anilines is 2. The third-order valence-electron chi connectivity index (χ3n) is 3.96. The number of benzene rings is 1. The highest BCUT2D eigenvalue weighted by Gasteiger charge is 2.21. The predicted molar refractivity (Wildman–Crippen MR) is 91.9 cm³/mol. The molecule has 1 aliphatic heterocycles. The van der Waals surface area contributed by atoms with Crippen molar-refractivity contribution >= 4 is 29.2 Å². The van der Waals surface area contributed by atoms with E-state index in [4.69, 9.17) is 4.74 Å². The number of carbonyl (C=O) groups is 3. The fourth-order valence-corrected chi connectivity index (χ4v) is 2.77. The van der Waals surface area contributed by atoms with Gasteiger partial charge in [-0.3, -0.25) is 14.4 Å². The molecule has 1 heterocycles. The van der Waals surface area contributed by atoms with Crippen LogP contribution in [-0.4, -0.2) is 30.9 Å². The Bertz CT molecular complexity index is 627. The summed E-state index contributed by atoms with van der Waals surface area (Å²) in [4.78, 5) is 37.0. The molecule has 1 N–H and O–H groups in total. The van der Waals surface area contributed by atoms with E-state index in [9.17, 15) is 14.4 Å². The van der Waals surface area contributed by atoms with E-state index < -0.39 is 0 Å². The molecule has 0 saturated carbocycles. The summed E-state index contributed by atoms with van der Waals surface area (Å²) >= 11 is 0. The number of amides is 2. The molecule has 0 atom stereocenters. The van der Waals surface area contributed by atoms with Gasteiger partial charge >= 0.3 is 5.97 Å². The van der Waals surface area contributed by atoms with Crippen LogP contribution >= 0.6 is 0 Å². The number of esters is 1. The first-order valence-corrected chi connectivity index (χ1v) is 8.37. The van der Waals surface area contributed by atoms with E-state index in [0.717, 1.165) is 30.6 Å². The molecule has 1 aliphatic rings. The molecule has 1 saturated heterocycles. The molecule has 1 aromatic rings. The van der Waals surface area contributed by atoms with E-state index in [1.54, 1.807) is 13.0 Å². The maximum Gasteiger partial charge on any atom is 0.306 e. The van der Waals surface area contributed by atoms with Gasteiger partial charge in [0, 0.05) is 30.8 Å². The molecule has 6 nitrogen and oxygen atoms in total. The smallest absolute Gasteiger partial charge is 0.306 e. The van der Waals surface area contributed by atoms with E-state index in [0.29, 0.717) is 18.7 Å². The highest BCUT2D eigenvalue weighted by molar-refractivity contribution is 5.96. The van der Waals surface area contributed by atoms with Crippen molar-refractivity contribution in [3.8, 4) is 0 Å². The molecule has 0 spiro atoms. The maximum atomic E-state index is 12.0. The minimum Gasteiger partial charge on any atom is -0.466 e. The van der Waals surface area contributed by atoms with Crippen molar-refractivity contribution in [2.45, 2.75) is 46.0 Å². The first-order chi connectivity index (χ1) is 11.5. The quantitative estimate of drug-likeness (QED) is 0.813. The van der Waals surface area contributed by atoms with Gasteiger partial charge in [0.25, 0.3) is 0 Å². The first-order valence-electron chi connectivity index (χ1n) is 8.37. The fourth-order valence-electron chi connectivity index (χ4n) is 2.77. The van der Waals surface area contributed by atoms with Gasteiger partial charge in [-0.2, -0.15) is 0 Å². The lowest BCUT2D eigenvalue weighted by Gasteiger charge is -2.28. The number of nitrogens with one attached hydrogen (secondary N) is 1. The van der Waals surface area contributed by atoms with Gasteiger partial charge in [0.05, 0.1) is 13.0 Å². The molecule has 1 fully saturated rings. The van der Waals surface area contributed by atoms with Gasteiger partial charge in [0.1, 0.15) is 0 Å². The van der Waals surface area contributed by atoms with Crippen LogP contribution in [0.4, 0.5) is 11.4 Å². The number of piperidine rings is 1. The number of hydrogen-bond donors (Lipinski definition) is 1. The normalized spacial score (nSPS) is 14.4. The Morgan fingerprint density at radius 3 is 2.71 bits per heavy atom. The molecule has 24 heavy (non-hydrogen) atoms. The lowest BCUT2D eigenvalue weighted by Crippen LogP contribution is -2.35. The minimum atomic E-state index is -0.372. The van der Waals surface area contributed by atoms with E-state index in [1.165, 1.54) is 0 Å². The number of hydrogen-bond acceptors (Lipinski definition) is 4. The van der Waals surface area contributed by atoms with Crippen molar-refractivity contribution in [1.29, 1.82) is 0 Å². The molecule has 0 aliphatic carbocycles. The molecule has 2 rings (SSSR count). The Labute approximate surface area is 142 Å². The predicted octanol–water partition coefficient (Wildman–Crippen LogP) is 2.79. The van der Waals surface area contributed by atoms with Gasteiger partial charge in [-0.15, -0.1) is 0 Å². The average molecular weight is 332 g/mol. The molecular weight excluding hydrogens is 308 g/mol. The number of carbonyl (C=O) groups excluding carboxylic acids is 3. The number of nitrogens with zero attached hydrogens (tertiary/aromatic N) is 1. The molecule has 0 aromatic heterocycles. The Hall–Kier alpha value is -2.37. The number of ether oxygens (including phenoxy) is 1. The molecular formula is C18H24N2O4. The lowest BCUT2D eigenvalue weighted by atomic mass is 10.1. The average Bonchev–Trinajstić information content (AvgIpc) is 2.54. The second kappa shape index (κ2) is 8.47. The van der Waals surface area contributed by atoms with Gasteiger partial charge in [0.2, 0.25) is 11.8 Å². The van der Waals surface area contributed by atoms with Crippen LogP contribution in [0.5, 0.6) is 0 Å². The zero-order valence-corrected chi connectivity index (χ0v) is 14.3. The minimum absolute atomic E-state index is 0.0685. The maximum absolute atomic E-state index is 12.0. The third-order valence-corrected chi connectivity index (χ3v) is 3.96. The summed E-state index contributed by atoms with van der Waals surface area (Å²) < 4.78 is 4.80. The summed E-state index contributed by atoms with van der Waals surface area (Å²) in [6.45, 7) is 4.71. The Balaban J connectivity index is 1.95. The van der Waals surface area contributed by atoms with Crippen LogP contribution in [0.2, 0.25) is 0 Å². The molecule has 0 radical (unpaired) electrons. The van der Waals surface area contributed by atoms with E-state index >= 15 is 0 Å². The largest absolute Gasteiger partial charge is 0.466 e. The Kier molecular flexibility index (Phi) is 6.35. The first kappa shape index (κ1) is 18.0. The molecule has 0 bridgehead atoms. The summed E-state index contributed by atoms with van der Waals surface area (Å²) in [5, 5.41) is 2.77. The molecule has 1 aromatic carbocycles. The zero-order valence-electron chi connectivity index (χ0n) is 14.3. The summed E-state index contributed by atoms with van der Waals surface area (Å²) in [6.07, 6.45) is 2.70. The highest BCUT2D eigenvalue weighted by atomic mass is 16.5. The van der Waals surface area contributed by atoms with Crippen molar-refractivity contribution in [2.24, 2.45) is 0 Å². The van der Waals surface area contributed by atoms with Crippen molar-refractivity contribution < 1.29 is 19.1 Å². The Morgan fingerprint density at radius 1 is 1.25 bits per heavy atom.